The van der Waals surface area contributed by atoms with Gasteiger partial charge in [-0.05, 0) is 27.7 Å². The summed E-state index contributed by atoms with van der Waals surface area (Å²) in [6.07, 6.45) is 0. The predicted molar refractivity (Wildman–Crippen MR) is 68.7 cm³/mol. The van der Waals surface area contributed by atoms with Gasteiger partial charge in [-0.25, -0.2) is 8.78 Å². The van der Waals surface area contributed by atoms with E-state index in [1.807, 2.05) is 0 Å². The zero-order valence-corrected chi connectivity index (χ0v) is 11.6. The van der Waals surface area contributed by atoms with E-state index in [0.29, 0.717) is 12.1 Å². The molecule has 0 atom stereocenters. The molecule has 1 aromatic rings. The normalized spacial score (nSPS) is 20.2. The quantitative estimate of drug-likeness (QED) is 0.474. The van der Waals surface area contributed by atoms with E-state index >= 15 is 0 Å². The summed E-state index contributed by atoms with van der Waals surface area (Å²) in [7, 11) is -1.24. The van der Waals surface area contributed by atoms with E-state index in [0.717, 1.165) is 0 Å². The summed E-state index contributed by atoms with van der Waals surface area (Å²) in [4.78, 5) is 9.69. The van der Waals surface area contributed by atoms with E-state index in [1.54, 1.807) is 27.7 Å². The minimum Gasteiger partial charge on any atom is -0.399 e. The van der Waals surface area contributed by atoms with Crippen LogP contribution in [0.2, 0.25) is 0 Å². The number of nitrogens with zero attached hydrogens (tertiary/aromatic N) is 1. The topological polar surface area (TPSA) is 61.6 Å². The molecule has 0 bridgehead atoms. The van der Waals surface area contributed by atoms with Crippen molar-refractivity contribution in [3.8, 4) is 0 Å². The van der Waals surface area contributed by atoms with E-state index in [1.165, 1.54) is 0 Å². The van der Waals surface area contributed by atoms with Crippen LogP contribution < -0.4 is 5.46 Å². The van der Waals surface area contributed by atoms with Crippen LogP contribution in [0, 0.1) is 21.7 Å². The van der Waals surface area contributed by atoms with Gasteiger partial charge in [0.05, 0.1) is 33.7 Å². The minimum atomic E-state index is -1.24. The molecular weight excluding hydrogens is 271 g/mol. The van der Waals surface area contributed by atoms with Crippen molar-refractivity contribution in [1.82, 2.24) is 0 Å². The Balaban J connectivity index is 2.43. The van der Waals surface area contributed by atoms with E-state index in [4.69, 9.17) is 9.31 Å². The van der Waals surface area contributed by atoms with Gasteiger partial charge in [-0.15, -0.1) is 0 Å². The Labute approximate surface area is 115 Å². The first kappa shape index (κ1) is 14.9. The summed E-state index contributed by atoms with van der Waals surface area (Å²) in [5.41, 5.74) is -2.61. The van der Waals surface area contributed by atoms with Crippen molar-refractivity contribution in [2.75, 3.05) is 0 Å². The molecular formula is C12H14BF2NO4. The van der Waals surface area contributed by atoms with Crippen molar-refractivity contribution in [2.45, 2.75) is 38.9 Å². The molecule has 20 heavy (non-hydrogen) atoms. The van der Waals surface area contributed by atoms with Crippen molar-refractivity contribution in [1.29, 1.82) is 0 Å². The number of benzene rings is 1. The summed E-state index contributed by atoms with van der Waals surface area (Å²) >= 11 is 0. The molecule has 1 saturated heterocycles. The van der Waals surface area contributed by atoms with Crippen LogP contribution in [0.15, 0.2) is 12.1 Å². The SMILES string of the molecule is CC1(C)OB(c2c(F)cc([N+](=O)[O-])cc2F)OC1(C)C. The second-order valence-corrected chi connectivity index (χ2v) is 5.67. The van der Waals surface area contributed by atoms with Crippen molar-refractivity contribution in [2.24, 2.45) is 0 Å². The Morgan fingerprint density at radius 2 is 1.50 bits per heavy atom. The van der Waals surface area contributed by atoms with E-state index in [-0.39, 0.29) is 0 Å². The molecule has 8 heteroatoms. The zero-order valence-electron chi connectivity index (χ0n) is 11.6. The maximum Gasteiger partial charge on any atom is 0.500 e. The molecule has 0 radical (unpaired) electrons. The molecule has 1 fully saturated rings. The highest BCUT2D eigenvalue weighted by Gasteiger charge is 2.53. The number of hydrogen-bond donors (Lipinski definition) is 0. The summed E-state index contributed by atoms with van der Waals surface area (Å²) in [5, 5.41) is 10.6. The van der Waals surface area contributed by atoms with Gasteiger partial charge in [-0.3, -0.25) is 10.1 Å². The van der Waals surface area contributed by atoms with Gasteiger partial charge in [0.25, 0.3) is 5.69 Å². The molecule has 0 aromatic heterocycles. The molecule has 5 nitrogen and oxygen atoms in total. The molecule has 1 aliphatic heterocycles. The fraction of sp³-hybridized carbons (Fsp3) is 0.500. The van der Waals surface area contributed by atoms with Gasteiger partial charge in [0, 0.05) is 0 Å². The average molecular weight is 285 g/mol. The van der Waals surface area contributed by atoms with Gasteiger partial charge in [0.1, 0.15) is 11.6 Å². The second-order valence-electron chi connectivity index (χ2n) is 5.67. The smallest absolute Gasteiger partial charge is 0.399 e. The van der Waals surface area contributed by atoms with Crippen LogP contribution in [0.5, 0.6) is 0 Å². The van der Waals surface area contributed by atoms with Gasteiger partial charge >= 0.3 is 7.12 Å². The van der Waals surface area contributed by atoms with E-state index in [2.05, 4.69) is 0 Å². The maximum atomic E-state index is 13.9. The molecule has 0 aliphatic carbocycles. The monoisotopic (exact) mass is 285 g/mol. The Morgan fingerprint density at radius 3 is 1.85 bits per heavy atom. The van der Waals surface area contributed by atoms with Crippen molar-refractivity contribution < 1.29 is 23.0 Å². The third-order valence-electron chi connectivity index (χ3n) is 3.76. The summed E-state index contributed by atoms with van der Waals surface area (Å²) < 4.78 is 38.9. The van der Waals surface area contributed by atoms with Crippen LogP contribution in [-0.4, -0.2) is 23.2 Å². The highest BCUT2D eigenvalue weighted by atomic mass is 19.1. The highest BCUT2D eigenvalue weighted by Crippen LogP contribution is 2.37. The van der Waals surface area contributed by atoms with Crippen LogP contribution in [0.25, 0.3) is 0 Å². The maximum absolute atomic E-state index is 13.9. The molecule has 0 spiro atoms. The van der Waals surface area contributed by atoms with Gasteiger partial charge in [-0.2, -0.15) is 0 Å². The lowest BCUT2D eigenvalue weighted by atomic mass is 9.78. The number of non-ortho nitro benzene ring substituents is 1. The molecule has 0 N–H and O–H groups in total. The number of rotatable bonds is 2. The van der Waals surface area contributed by atoms with Crippen LogP contribution >= 0.6 is 0 Å². The predicted octanol–water partition coefficient (Wildman–Crippen LogP) is 2.17. The number of nitro benzene ring substituents is 1. The number of hydrogen-bond acceptors (Lipinski definition) is 4. The molecule has 108 valence electrons. The van der Waals surface area contributed by atoms with Crippen LogP contribution in [0.4, 0.5) is 14.5 Å². The second kappa shape index (κ2) is 4.49. The molecule has 2 rings (SSSR count). The molecule has 1 aliphatic rings. The van der Waals surface area contributed by atoms with Gasteiger partial charge in [0.15, 0.2) is 0 Å². The molecule has 0 unspecified atom stereocenters. The van der Waals surface area contributed by atoms with Crippen molar-refractivity contribution in [3.63, 3.8) is 0 Å². The zero-order chi connectivity index (χ0) is 15.3. The van der Waals surface area contributed by atoms with Gasteiger partial charge in [-0.1, -0.05) is 0 Å². The van der Waals surface area contributed by atoms with E-state index in [9.17, 15) is 18.9 Å². The summed E-state index contributed by atoms with van der Waals surface area (Å²) in [6.45, 7) is 6.98. The minimum absolute atomic E-state index is 0.450. The van der Waals surface area contributed by atoms with Crippen molar-refractivity contribution >= 4 is 18.3 Å². The van der Waals surface area contributed by atoms with Gasteiger partial charge in [0.2, 0.25) is 0 Å². The van der Waals surface area contributed by atoms with E-state index < -0.39 is 46.0 Å². The Kier molecular flexibility index (Phi) is 3.34. The molecule has 0 amide bonds. The average Bonchev–Trinajstić information content (AvgIpc) is 2.46. The van der Waals surface area contributed by atoms with Crippen LogP contribution in [-0.2, 0) is 9.31 Å². The summed E-state index contributed by atoms with van der Waals surface area (Å²) in [5.74, 6) is -2.12. The largest absolute Gasteiger partial charge is 0.500 e. The Morgan fingerprint density at radius 1 is 1.10 bits per heavy atom. The fourth-order valence-corrected chi connectivity index (χ4v) is 1.86. The Hall–Kier alpha value is -1.54. The lowest BCUT2D eigenvalue weighted by Crippen LogP contribution is -2.41. The third kappa shape index (κ3) is 2.29. The lowest BCUT2D eigenvalue weighted by molar-refractivity contribution is -0.385. The molecule has 1 aromatic carbocycles. The lowest BCUT2D eigenvalue weighted by Gasteiger charge is -2.32. The fourth-order valence-electron chi connectivity index (χ4n) is 1.86. The number of nitro groups is 1. The Bertz CT molecular complexity index is 538. The highest BCUT2D eigenvalue weighted by molar-refractivity contribution is 6.62. The standard InChI is InChI=1S/C12H14BF2NO4/c1-11(2)12(3,4)20-13(19-11)10-8(14)5-7(16(17)18)6-9(10)15/h5-6H,1-4H3. The first-order valence-corrected chi connectivity index (χ1v) is 6.04. The van der Waals surface area contributed by atoms with Crippen LogP contribution in [0.3, 0.4) is 0 Å². The number of halogens is 2. The van der Waals surface area contributed by atoms with Crippen molar-refractivity contribution in [3.05, 3.63) is 33.9 Å². The third-order valence-corrected chi connectivity index (χ3v) is 3.76. The first-order chi connectivity index (χ1) is 9.05. The van der Waals surface area contributed by atoms with Crippen LogP contribution in [0.1, 0.15) is 27.7 Å². The molecule has 0 saturated carbocycles. The first-order valence-electron chi connectivity index (χ1n) is 6.04. The van der Waals surface area contributed by atoms with Gasteiger partial charge < -0.3 is 9.31 Å². The molecule has 1 heterocycles. The summed E-state index contributed by atoms with van der Waals surface area (Å²) in [6, 6.07) is 1.31.